The van der Waals surface area contributed by atoms with Crippen LogP contribution < -0.4 is 15.8 Å². The number of hydrogen-bond donors (Lipinski definition) is 2. The van der Waals surface area contributed by atoms with Gasteiger partial charge in [0.05, 0.1) is 12.5 Å². The van der Waals surface area contributed by atoms with Gasteiger partial charge in [0, 0.05) is 12.2 Å². The molecule has 0 radical (unpaired) electrons. The predicted octanol–water partition coefficient (Wildman–Crippen LogP) is 2.85. The Kier molecular flexibility index (Phi) is 4.65. The Morgan fingerprint density at radius 2 is 2.05 bits per heavy atom. The summed E-state index contributed by atoms with van der Waals surface area (Å²) in [4.78, 5) is 12.6. The number of aryl methyl sites for hydroxylation is 1. The van der Waals surface area contributed by atoms with E-state index in [1.807, 2.05) is 25.1 Å². The maximum Gasteiger partial charge on any atom is 0.231 e. The van der Waals surface area contributed by atoms with Crippen molar-refractivity contribution >= 4 is 11.6 Å². The number of rotatable bonds is 4. The Hall–Kier alpha value is -1.55. The van der Waals surface area contributed by atoms with E-state index in [9.17, 15) is 4.79 Å². The molecule has 0 spiro atoms. The minimum absolute atomic E-state index is 0.0629. The molecule has 0 saturated heterocycles. The van der Waals surface area contributed by atoms with Crippen LogP contribution in [0.5, 0.6) is 5.75 Å². The monoisotopic (exact) mass is 276 g/mol. The first-order chi connectivity index (χ1) is 9.61. The number of hydrogen-bond acceptors (Lipinski definition) is 3. The molecule has 4 nitrogen and oxygen atoms in total. The van der Waals surface area contributed by atoms with Crippen LogP contribution >= 0.6 is 0 Å². The predicted molar refractivity (Wildman–Crippen MR) is 80.9 cm³/mol. The molecular formula is C16H24N2O2. The molecular weight excluding hydrogens is 252 g/mol. The highest BCUT2D eigenvalue weighted by Gasteiger charge is 2.38. The van der Waals surface area contributed by atoms with Gasteiger partial charge in [-0.1, -0.05) is 19.3 Å². The summed E-state index contributed by atoms with van der Waals surface area (Å²) < 4.78 is 5.18. The van der Waals surface area contributed by atoms with Gasteiger partial charge in [0.25, 0.3) is 0 Å². The Bertz CT molecular complexity index is 479. The number of nitrogens with one attached hydrogen (secondary N) is 1. The molecule has 0 atom stereocenters. The highest BCUT2D eigenvalue weighted by atomic mass is 16.5. The quantitative estimate of drug-likeness (QED) is 0.888. The van der Waals surface area contributed by atoms with E-state index in [-0.39, 0.29) is 11.3 Å². The fraction of sp³-hybridized carbons (Fsp3) is 0.562. The van der Waals surface area contributed by atoms with E-state index in [2.05, 4.69) is 5.32 Å². The van der Waals surface area contributed by atoms with Crippen molar-refractivity contribution < 1.29 is 9.53 Å². The third kappa shape index (κ3) is 2.96. The molecule has 1 fully saturated rings. The highest BCUT2D eigenvalue weighted by molar-refractivity contribution is 5.96. The normalized spacial score (nSPS) is 17.6. The molecule has 1 aromatic rings. The maximum absolute atomic E-state index is 12.6. The van der Waals surface area contributed by atoms with E-state index in [4.69, 9.17) is 10.5 Å². The standard InChI is InChI=1S/C16H24N2O2/c1-12-10-13(20-2)6-7-14(12)18-15(19)16(11-17)8-4-3-5-9-16/h6-7,10H,3-5,8-9,11,17H2,1-2H3,(H,18,19). The van der Waals surface area contributed by atoms with Gasteiger partial charge in [0.1, 0.15) is 5.75 Å². The van der Waals surface area contributed by atoms with Gasteiger partial charge < -0.3 is 15.8 Å². The number of anilines is 1. The van der Waals surface area contributed by atoms with Crippen LogP contribution in [0.4, 0.5) is 5.69 Å². The Labute approximate surface area is 120 Å². The minimum atomic E-state index is -0.384. The lowest BCUT2D eigenvalue weighted by atomic mass is 9.73. The average Bonchev–Trinajstić information content (AvgIpc) is 2.49. The number of methoxy groups -OCH3 is 1. The van der Waals surface area contributed by atoms with Crippen LogP contribution in [0.25, 0.3) is 0 Å². The zero-order chi connectivity index (χ0) is 14.6. The lowest BCUT2D eigenvalue weighted by Crippen LogP contribution is -2.43. The van der Waals surface area contributed by atoms with E-state index in [1.54, 1.807) is 7.11 Å². The number of nitrogens with two attached hydrogens (primary N) is 1. The first-order valence-electron chi connectivity index (χ1n) is 7.27. The summed E-state index contributed by atoms with van der Waals surface area (Å²) in [5.41, 5.74) is 7.35. The van der Waals surface area contributed by atoms with E-state index in [0.717, 1.165) is 42.7 Å². The van der Waals surface area contributed by atoms with Crippen LogP contribution in [0.1, 0.15) is 37.7 Å². The molecule has 3 N–H and O–H groups in total. The Morgan fingerprint density at radius 3 is 2.60 bits per heavy atom. The SMILES string of the molecule is COc1ccc(NC(=O)C2(CN)CCCCC2)c(C)c1. The number of carbonyl (C=O) groups excluding carboxylic acids is 1. The molecule has 0 unspecified atom stereocenters. The van der Waals surface area contributed by atoms with Crippen LogP contribution in [-0.4, -0.2) is 19.6 Å². The highest BCUT2D eigenvalue weighted by Crippen LogP contribution is 2.36. The zero-order valence-electron chi connectivity index (χ0n) is 12.4. The number of benzene rings is 1. The van der Waals surface area contributed by atoms with Gasteiger partial charge in [-0.2, -0.15) is 0 Å². The average molecular weight is 276 g/mol. The molecule has 1 aromatic carbocycles. The number of carbonyl (C=O) groups is 1. The van der Waals surface area contributed by atoms with Gasteiger partial charge in [0.15, 0.2) is 0 Å². The lowest BCUT2D eigenvalue weighted by Gasteiger charge is -2.34. The summed E-state index contributed by atoms with van der Waals surface area (Å²) in [5.74, 6) is 0.861. The number of amides is 1. The van der Waals surface area contributed by atoms with E-state index in [0.29, 0.717) is 6.54 Å². The molecule has 1 saturated carbocycles. The maximum atomic E-state index is 12.6. The van der Waals surface area contributed by atoms with E-state index < -0.39 is 0 Å². The van der Waals surface area contributed by atoms with Crippen molar-refractivity contribution in [2.45, 2.75) is 39.0 Å². The molecule has 20 heavy (non-hydrogen) atoms. The van der Waals surface area contributed by atoms with Gasteiger partial charge in [-0.3, -0.25) is 4.79 Å². The van der Waals surface area contributed by atoms with Gasteiger partial charge in [-0.15, -0.1) is 0 Å². The summed E-state index contributed by atoms with van der Waals surface area (Å²) in [5, 5.41) is 3.05. The molecule has 110 valence electrons. The van der Waals surface area contributed by atoms with Gasteiger partial charge in [0.2, 0.25) is 5.91 Å². The zero-order valence-corrected chi connectivity index (χ0v) is 12.4. The van der Waals surface area contributed by atoms with Crippen molar-refractivity contribution in [3.8, 4) is 5.75 Å². The van der Waals surface area contributed by atoms with Crippen molar-refractivity contribution in [1.29, 1.82) is 0 Å². The molecule has 0 bridgehead atoms. The second kappa shape index (κ2) is 6.27. The van der Waals surface area contributed by atoms with Crippen molar-refractivity contribution in [2.24, 2.45) is 11.1 Å². The summed E-state index contributed by atoms with van der Waals surface area (Å²) >= 11 is 0. The smallest absolute Gasteiger partial charge is 0.231 e. The third-order valence-corrected chi connectivity index (χ3v) is 4.36. The Morgan fingerprint density at radius 1 is 1.35 bits per heavy atom. The molecule has 4 heteroatoms. The molecule has 1 amide bonds. The van der Waals surface area contributed by atoms with Crippen LogP contribution in [0.15, 0.2) is 18.2 Å². The molecule has 1 aliphatic rings. The molecule has 2 rings (SSSR count). The van der Waals surface area contributed by atoms with Gasteiger partial charge in [-0.05, 0) is 43.5 Å². The van der Waals surface area contributed by atoms with Crippen LogP contribution in [0.3, 0.4) is 0 Å². The summed E-state index contributed by atoms with van der Waals surface area (Å²) in [7, 11) is 1.64. The van der Waals surface area contributed by atoms with Gasteiger partial charge in [-0.25, -0.2) is 0 Å². The van der Waals surface area contributed by atoms with Crippen molar-refractivity contribution in [3.05, 3.63) is 23.8 Å². The lowest BCUT2D eigenvalue weighted by molar-refractivity contribution is -0.126. The van der Waals surface area contributed by atoms with Crippen molar-refractivity contribution in [3.63, 3.8) is 0 Å². The van der Waals surface area contributed by atoms with Crippen LogP contribution in [0.2, 0.25) is 0 Å². The van der Waals surface area contributed by atoms with Crippen molar-refractivity contribution in [2.75, 3.05) is 19.0 Å². The topological polar surface area (TPSA) is 64.3 Å². The van der Waals surface area contributed by atoms with E-state index >= 15 is 0 Å². The van der Waals surface area contributed by atoms with Crippen molar-refractivity contribution in [1.82, 2.24) is 0 Å². The summed E-state index contributed by atoms with van der Waals surface area (Å²) in [6.07, 6.45) is 5.17. The summed E-state index contributed by atoms with van der Waals surface area (Å²) in [6, 6.07) is 5.67. The molecule has 0 heterocycles. The second-order valence-corrected chi connectivity index (χ2v) is 5.68. The van der Waals surface area contributed by atoms with Crippen LogP contribution in [-0.2, 0) is 4.79 Å². The molecule has 0 aromatic heterocycles. The van der Waals surface area contributed by atoms with Crippen LogP contribution in [0, 0.1) is 12.3 Å². The fourth-order valence-electron chi connectivity index (χ4n) is 2.91. The largest absolute Gasteiger partial charge is 0.497 e. The molecule has 0 aliphatic heterocycles. The number of ether oxygens (including phenoxy) is 1. The van der Waals surface area contributed by atoms with E-state index in [1.165, 1.54) is 6.42 Å². The third-order valence-electron chi connectivity index (χ3n) is 4.36. The second-order valence-electron chi connectivity index (χ2n) is 5.68. The summed E-state index contributed by atoms with van der Waals surface area (Å²) in [6.45, 7) is 2.39. The fourth-order valence-corrected chi connectivity index (χ4v) is 2.91. The first kappa shape index (κ1) is 14.9. The van der Waals surface area contributed by atoms with Gasteiger partial charge >= 0.3 is 0 Å². The minimum Gasteiger partial charge on any atom is -0.497 e. The first-order valence-corrected chi connectivity index (χ1v) is 7.27. The molecule has 1 aliphatic carbocycles. The Balaban J connectivity index is 2.14.